The molecule has 2 aliphatic heterocycles. The molecule has 3 aromatic heterocycles. The Kier molecular flexibility index (Phi) is 10.7. The van der Waals surface area contributed by atoms with Crippen LogP contribution in [-0.2, 0) is 41.1 Å². The van der Waals surface area contributed by atoms with Gasteiger partial charge in [-0.05, 0) is 12.5 Å². The summed E-state index contributed by atoms with van der Waals surface area (Å²) < 4.78 is 68.4. The molecule has 270 valence electrons. The van der Waals surface area contributed by atoms with Crippen LogP contribution >= 0.6 is 23.5 Å². The number of anilines is 1. The summed E-state index contributed by atoms with van der Waals surface area (Å²) in [5, 5.41) is 40.9. The first-order chi connectivity index (χ1) is 22.8. The van der Waals surface area contributed by atoms with E-state index in [9.17, 15) is 58.5 Å². The normalized spacial score (nSPS) is 30.0. The van der Waals surface area contributed by atoms with Crippen molar-refractivity contribution in [2.24, 2.45) is 0 Å². The van der Waals surface area contributed by atoms with Crippen molar-refractivity contribution in [3.8, 4) is 0 Å². The lowest BCUT2D eigenvalue weighted by Crippen LogP contribution is -2.46. The maximum Gasteiger partial charge on any atom is 0.481 e. The monoisotopic (exact) mass is 759 g/mol. The molecular weight excluding hydrogens is 729 g/mol. The molecule has 27 heteroatoms. The minimum absolute atomic E-state index is 0.00205. The van der Waals surface area contributed by atoms with Gasteiger partial charge in [-0.1, -0.05) is 0 Å². The van der Waals surface area contributed by atoms with Crippen molar-refractivity contribution < 1.29 is 90.4 Å². The molecule has 24 nitrogen and oxygen atoms in total. The molecule has 0 saturated carbocycles. The molecule has 0 bridgehead atoms. The number of nitrogen functional groups attached to an aromatic ring is 1. The van der Waals surface area contributed by atoms with E-state index in [4.69, 9.17) is 24.3 Å². The van der Waals surface area contributed by atoms with Crippen LogP contribution in [0.1, 0.15) is 28.4 Å². The van der Waals surface area contributed by atoms with E-state index < -0.39 is 91.7 Å². The van der Waals surface area contributed by atoms with Gasteiger partial charge in [-0.25, -0.2) is 33.4 Å². The highest BCUT2D eigenvalue weighted by molar-refractivity contribution is 7.61. The highest BCUT2D eigenvalue weighted by atomic mass is 31.3. The van der Waals surface area contributed by atoms with E-state index in [-0.39, 0.29) is 22.5 Å². The third-order valence-corrected chi connectivity index (χ3v) is 10.4. The van der Waals surface area contributed by atoms with Gasteiger partial charge >= 0.3 is 29.4 Å². The number of aliphatic hydroxyl groups is 3. The summed E-state index contributed by atoms with van der Waals surface area (Å²) in [4.78, 5) is 62.2. The number of hydrogen-bond acceptors (Lipinski definition) is 17. The number of phosphoric acid groups is 3. The molecule has 2 aliphatic rings. The second-order valence-electron chi connectivity index (χ2n) is 10.6. The van der Waals surface area contributed by atoms with E-state index in [0.717, 1.165) is 28.0 Å². The molecule has 0 aromatic carbocycles. The van der Waals surface area contributed by atoms with Crippen LogP contribution in [0.25, 0.3) is 11.2 Å². The van der Waals surface area contributed by atoms with Gasteiger partial charge in [-0.2, -0.15) is 8.88 Å². The van der Waals surface area contributed by atoms with E-state index in [0.29, 0.717) is 5.56 Å². The number of rotatable bonds is 13. The highest BCUT2D eigenvalue weighted by Gasteiger charge is 2.51. The number of pyridine rings is 1. The van der Waals surface area contributed by atoms with E-state index in [2.05, 4.69) is 23.8 Å². The number of aliphatic hydroxyl groups excluding tert-OH is 3. The lowest BCUT2D eigenvalue weighted by molar-refractivity contribution is -0.765. The van der Waals surface area contributed by atoms with Crippen LogP contribution in [0, 0.1) is 6.92 Å². The van der Waals surface area contributed by atoms with Crippen LogP contribution in [0.2, 0.25) is 0 Å². The fourth-order valence-electron chi connectivity index (χ4n) is 5.00. The number of ether oxygens (including phenoxy) is 2. The van der Waals surface area contributed by atoms with Crippen LogP contribution < -0.4 is 10.3 Å². The summed E-state index contributed by atoms with van der Waals surface area (Å²) in [7, 11) is -16.3. The number of carboxylic acid groups (broad SMARTS) is 1. The summed E-state index contributed by atoms with van der Waals surface area (Å²) in [6, 6.07) is 1.41. The fourth-order valence-corrected chi connectivity index (χ4v) is 7.63. The minimum atomic E-state index is -5.54. The Balaban J connectivity index is 1.21. The van der Waals surface area contributed by atoms with Crippen LogP contribution in [0.4, 0.5) is 5.82 Å². The molecule has 0 aliphatic carbocycles. The zero-order chi connectivity index (χ0) is 36.1. The molecule has 3 aromatic rings. The second kappa shape index (κ2) is 14.0. The first kappa shape index (κ1) is 37.4. The van der Waals surface area contributed by atoms with E-state index in [1.54, 1.807) is 0 Å². The summed E-state index contributed by atoms with van der Waals surface area (Å²) in [5.41, 5.74) is 6.07. The average molecular weight is 759 g/mol. The second-order valence-corrected chi connectivity index (χ2v) is 14.9. The number of carbonyl (C=O) groups is 1. The van der Waals surface area contributed by atoms with Crippen molar-refractivity contribution >= 4 is 46.4 Å². The van der Waals surface area contributed by atoms with Crippen molar-refractivity contribution in [2.75, 3.05) is 18.9 Å². The predicted octanol–water partition coefficient (Wildman–Crippen LogP) is -1.99. The third-order valence-electron chi connectivity index (χ3n) is 7.30. The Bertz CT molecular complexity index is 1860. The Morgan fingerprint density at radius 3 is 2.22 bits per heavy atom. The number of hydrogen-bond donors (Lipinski definition) is 9. The molecule has 10 N–H and O–H groups in total. The SMILES string of the molecule is Cc1cc[n+]([C@@H]2O[C@H](COP(=O)(O)OP(=O)(O)OC[C@H]3O[C@@H](n4cnc5c(N)ncnc54)[C@H](OP(=O)(O)O)[C@@H]3O)[C@@H](O)[C@H]2O)cc1C(=O)O. The maximum atomic E-state index is 12.6. The highest BCUT2D eigenvalue weighted by Crippen LogP contribution is 2.61. The number of carboxylic acids is 1. The first-order valence-corrected chi connectivity index (χ1v) is 18.2. The number of imidazole rings is 1. The van der Waals surface area contributed by atoms with Gasteiger partial charge in [0.05, 0.1) is 19.5 Å². The Hall–Kier alpha value is -2.86. The number of aromatic carboxylic acids is 1. The number of aromatic nitrogens is 5. The molecule has 5 rings (SSSR count). The van der Waals surface area contributed by atoms with Gasteiger partial charge in [0, 0.05) is 6.07 Å². The van der Waals surface area contributed by atoms with Gasteiger partial charge in [0.25, 0.3) is 6.23 Å². The summed E-state index contributed by atoms with van der Waals surface area (Å²) in [6.45, 7) is -0.539. The molecule has 2 unspecified atom stereocenters. The molecular formula is C22H30N6O18P3+. The summed E-state index contributed by atoms with van der Waals surface area (Å²) >= 11 is 0. The standard InChI is InChI=1S/C22H29N6O18P3/c1-9-2-3-27(4-10(9)22(32)33)20-16(31)14(29)11(43-20)5-41-48(37,38)46-49(39,40)42-6-12-15(30)17(45-47(34,35)36)21(44-12)28-8-26-13-18(23)24-7-25-19(13)28/h2-4,7-8,11-12,14-17,20-21,29-31H,5-6H2,1H3,(H6-,23,24,25,32,33,34,35,36,37,38,39,40)/p+1/t11-,12-,14-,15-,16-,17-,20-,21-/m1/s1. The molecule has 0 spiro atoms. The van der Waals surface area contributed by atoms with Crippen LogP contribution in [0.15, 0.2) is 31.1 Å². The lowest BCUT2D eigenvalue weighted by atomic mass is 10.1. The fraction of sp³-hybridized carbons (Fsp3) is 0.500. The molecule has 2 fully saturated rings. The van der Waals surface area contributed by atoms with Gasteiger partial charge in [0.2, 0.25) is 0 Å². The van der Waals surface area contributed by atoms with Crippen LogP contribution in [0.5, 0.6) is 0 Å². The van der Waals surface area contributed by atoms with Crippen molar-refractivity contribution in [3.63, 3.8) is 0 Å². The molecule has 5 heterocycles. The number of nitrogens with zero attached hydrogens (tertiary/aromatic N) is 5. The minimum Gasteiger partial charge on any atom is -0.477 e. The quantitative estimate of drug-likeness (QED) is 0.0672. The Labute approximate surface area is 273 Å². The summed E-state index contributed by atoms with van der Waals surface area (Å²) in [6.07, 6.45) is -8.71. The maximum absolute atomic E-state index is 12.6. The van der Waals surface area contributed by atoms with E-state index in [1.165, 1.54) is 19.2 Å². The zero-order valence-corrected chi connectivity index (χ0v) is 27.4. The third kappa shape index (κ3) is 8.38. The van der Waals surface area contributed by atoms with Crippen LogP contribution in [-0.4, -0.2) is 115 Å². The molecule has 2 saturated heterocycles. The number of fused-ring (bicyclic) bond motifs is 1. The van der Waals surface area contributed by atoms with Gasteiger partial charge < -0.3 is 55.2 Å². The van der Waals surface area contributed by atoms with E-state index >= 15 is 0 Å². The zero-order valence-electron chi connectivity index (χ0n) is 24.7. The van der Waals surface area contributed by atoms with Gasteiger partial charge in [0.1, 0.15) is 47.9 Å². The van der Waals surface area contributed by atoms with Crippen molar-refractivity contribution in [1.82, 2.24) is 19.5 Å². The van der Waals surface area contributed by atoms with Gasteiger partial charge in [0.15, 0.2) is 36.2 Å². The predicted molar refractivity (Wildman–Crippen MR) is 153 cm³/mol. The van der Waals surface area contributed by atoms with Gasteiger partial charge in [-0.15, -0.1) is 0 Å². The van der Waals surface area contributed by atoms with Crippen molar-refractivity contribution in [2.45, 2.75) is 56.0 Å². The molecule has 49 heavy (non-hydrogen) atoms. The molecule has 10 atom stereocenters. The Morgan fingerprint density at radius 1 is 0.980 bits per heavy atom. The molecule has 0 radical (unpaired) electrons. The molecule has 0 amide bonds. The van der Waals surface area contributed by atoms with Crippen LogP contribution in [0.3, 0.4) is 0 Å². The summed E-state index contributed by atoms with van der Waals surface area (Å²) in [5.74, 6) is -1.34. The topological polar surface area (TPSA) is 359 Å². The number of nitrogens with two attached hydrogens (primary N) is 1. The first-order valence-electron chi connectivity index (χ1n) is 13.7. The number of phosphoric ester groups is 3. The lowest BCUT2D eigenvalue weighted by Gasteiger charge is -2.22. The van der Waals surface area contributed by atoms with Crippen molar-refractivity contribution in [1.29, 1.82) is 0 Å². The number of aryl methyl sites for hydroxylation is 1. The Morgan fingerprint density at radius 2 is 1.61 bits per heavy atom. The van der Waals surface area contributed by atoms with Gasteiger partial charge in [-0.3, -0.25) is 18.1 Å². The smallest absolute Gasteiger partial charge is 0.477 e. The largest absolute Gasteiger partial charge is 0.481 e. The average Bonchev–Trinajstić information content (AvgIpc) is 3.64. The van der Waals surface area contributed by atoms with Crippen molar-refractivity contribution in [3.05, 3.63) is 42.2 Å². The van der Waals surface area contributed by atoms with E-state index in [1.807, 2.05) is 0 Å².